The van der Waals surface area contributed by atoms with E-state index in [0.29, 0.717) is 10.8 Å². The summed E-state index contributed by atoms with van der Waals surface area (Å²) in [5.74, 6) is -0.925. The van der Waals surface area contributed by atoms with Crippen LogP contribution in [0.4, 0.5) is 0 Å². The molecule has 0 radical (unpaired) electrons. The van der Waals surface area contributed by atoms with E-state index in [-0.39, 0.29) is 0 Å². The second-order valence-electron chi connectivity index (χ2n) is 2.99. The van der Waals surface area contributed by atoms with Gasteiger partial charge in [-0.1, -0.05) is 18.5 Å². The molecule has 0 aromatic heterocycles. The molecule has 14 heavy (non-hydrogen) atoms. The van der Waals surface area contributed by atoms with Gasteiger partial charge in [0.25, 0.3) is 0 Å². The summed E-state index contributed by atoms with van der Waals surface area (Å²) in [6.45, 7) is 1.64. The van der Waals surface area contributed by atoms with Crippen LogP contribution < -0.4 is 5.11 Å². The van der Waals surface area contributed by atoms with Gasteiger partial charge in [-0.2, -0.15) is 0 Å². The lowest BCUT2D eigenvalue weighted by molar-refractivity contribution is -0.310. The van der Waals surface area contributed by atoms with E-state index in [4.69, 9.17) is 11.6 Å². The molecular weight excluding hydrogens is 220 g/mol. The van der Waals surface area contributed by atoms with Gasteiger partial charge in [-0.25, -0.2) is 0 Å². The van der Waals surface area contributed by atoms with Crippen molar-refractivity contribution in [3.05, 3.63) is 29.3 Å². The van der Waals surface area contributed by atoms with E-state index < -0.39 is 11.9 Å². The number of benzene rings is 1. The first-order valence-electron chi connectivity index (χ1n) is 4.19. The number of hydrogen-bond acceptors (Lipinski definition) is 3. The first-order valence-corrected chi connectivity index (χ1v) is 5.55. The van der Waals surface area contributed by atoms with Crippen LogP contribution in [0.3, 0.4) is 0 Å². The van der Waals surface area contributed by atoms with Crippen molar-refractivity contribution in [2.45, 2.75) is 11.8 Å². The van der Waals surface area contributed by atoms with Crippen molar-refractivity contribution >= 4 is 29.3 Å². The van der Waals surface area contributed by atoms with Crippen LogP contribution in [0.25, 0.3) is 0 Å². The van der Waals surface area contributed by atoms with E-state index in [0.717, 1.165) is 4.90 Å². The second kappa shape index (κ2) is 5.27. The Labute approximate surface area is 92.3 Å². The predicted molar refractivity (Wildman–Crippen MR) is 56.3 cm³/mol. The third-order valence-electron chi connectivity index (χ3n) is 1.72. The van der Waals surface area contributed by atoms with E-state index >= 15 is 0 Å². The van der Waals surface area contributed by atoms with Gasteiger partial charge in [-0.15, -0.1) is 11.8 Å². The van der Waals surface area contributed by atoms with E-state index in [9.17, 15) is 9.90 Å². The highest BCUT2D eigenvalue weighted by Gasteiger charge is 2.03. The summed E-state index contributed by atoms with van der Waals surface area (Å²) in [6, 6.07) is 7.31. The maximum absolute atomic E-state index is 10.4. The highest BCUT2D eigenvalue weighted by molar-refractivity contribution is 7.99. The Bertz CT molecular complexity index is 310. The third kappa shape index (κ3) is 3.60. The summed E-state index contributed by atoms with van der Waals surface area (Å²) in [6.07, 6.45) is 0. The molecule has 1 rings (SSSR count). The van der Waals surface area contributed by atoms with Crippen LogP contribution in [0.1, 0.15) is 6.92 Å². The molecule has 0 aliphatic carbocycles. The summed E-state index contributed by atoms with van der Waals surface area (Å²) >= 11 is 7.20. The number of aliphatic carboxylic acids is 1. The van der Waals surface area contributed by atoms with Crippen LogP contribution >= 0.6 is 23.4 Å². The summed E-state index contributed by atoms with van der Waals surface area (Å²) in [4.78, 5) is 11.4. The Morgan fingerprint density at radius 3 is 2.57 bits per heavy atom. The molecule has 4 heteroatoms. The minimum absolute atomic E-state index is 0.435. The molecule has 0 fully saturated rings. The van der Waals surface area contributed by atoms with Crippen LogP contribution in [0.15, 0.2) is 29.2 Å². The van der Waals surface area contributed by atoms with Crippen molar-refractivity contribution in [2.24, 2.45) is 5.92 Å². The second-order valence-corrected chi connectivity index (χ2v) is 4.51. The standard InChI is InChI=1S/C10H11ClO2S/c1-7(10(12)13)6-14-9-4-2-8(11)3-5-9/h2-5,7H,6H2,1H3,(H,12,13)/p-1/t7-/m0/s1. The number of halogens is 1. The fourth-order valence-corrected chi connectivity index (χ4v) is 1.85. The van der Waals surface area contributed by atoms with Gasteiger partial charge >= 0.3 is 0 Å². The van der Waals surface area contributed by atoms with E-state index in [1.807, 2.05) is 12.1 Å². The van der Waals surface area contributed by atoms with Crippen molar-refractivity contribution in [3.63, 3.8) is 0 Å². The maximum atomic E-state index is 10.4. The fraction of sp³-hybridized carbons (Fsp3) is 0.300. The summed E-state index contributed by atoms with van der Waals surface area (Å²) in [5, 5.41) is 11.1. The average molecular weight is 230 g/mol. The van der Waals surface area contributed by atoms with Gasteiger partial charge in [0.1, 0.15) is 0 Å². The first kappa shape index (κ1) is 11.4. The molecule has 1 aromatic carbocycles. The van der Waals surface area contributed by atoms with Crippen molar-refractivity contribution < 1.29 is 9.90 Å². The number of carbonyl (C=O) groups is 1. The number of thioether (sulfide) groups is 1. The number of carboxylic acid groups (broad SMARTS) is 1. The fourth-order valence-electron chi connectivity index (χ4n) is 0.820. The van der Waals surface area contributed by atoms with E-state index in [1.54, 1.807) is 19.1 Å². The van der Waals surface area contributed by atoms with Gasteiger partial charge in [0, 0.05) is 27.6 Å². The smallest absolute Gasteiger partial charge is 0.0450 e. The molecule has 0 aliphatic rings. The molecule has 1 atom stereocenters. The summed E-state index contributed by atoms with van der Waals surface area (Å²) in [7, 11) is 0. The molecule has 0 unspecified atom stereocenters. The molecule has 0 spiro atoms. The lowest BCUT2D eigenvalue weighted by Gasteiger charge is -2.11. The van der Waals surface area contributed by atoms with Crippen molar-refractivity contribution in [1.82, 2.24) is 0 Å². The highest BCUT2D eigenvalue weighted by Crippen LogP contribution is 2.22. The van der Waals surface area contributed by atoms with E-state index in [2.05, 4.69) is 0 Å². The third-order valence-corrected chi connectivity index (χ3v) is 3.24. The lowest BCUT2D eigenvalue weighted by atomic mass is 10.2. The molecule has 0 heterocycles. The molecule has 0 N–H and O–H groups in total. The quantitative estimate of drug-likeness (QED) is 0.740. The zero-order valence-corrected chi connectivity index (χ0v) is 9.27. The van der Waals surface area contributed by atoms with Crippen LogP contribution in [0.2, 0.25) is 5.02 Å². The molecule has 0 bridgehead atoms. The van der Waals surface area contributed by atoms with Crippen LogP contribution in [-0.2, 0) is 4.79 Å². The van der Waals surface area contributed by atoms with Gasteiger partial charge < -0.3 is 9.90 Å². The van der Waals surface area contributed by atoms with Gasteiger partial charge in [0.2, 0.25) is 0 Å². The van der Waals surface area contributed by atoms with Crippen LogP contribution in [0.5, 0.6) is 0 Å². The minimum atomic E-state index is -1.01. The largest absolute Gasteiger partial charge is 0.550 e. The molecule has 0 saturated carbocycles. The topological polar surface area (TPSA) is 40.1 Å². The monoisotopic (exact) mass is 229 g/mol. The number of hydrogen-bond donors (Lipinski definition) is 0. The van der Waals surface area contributed by atoms with Crippen molar-refractivity contribution in [1.29, 1.82) is 0 Å². The number of rotatable bonds is 4. The molecule has 0 aliphatic heterocycles. The molecule has 0 saturated heterocycles. The number of carbonyl (C=O) groups excluding carboxylic acids is 1. The average Bonchev–Trinajstić information content (AvgIpc) is 2.16. The molecule has 0 amide bonds. The normalized spacial score (nSPS) is 12.4. The van der Waals surface area contributed by atoms with Crippen LogP contribution in [-0.4, -0.2) is 11.7 Å². The SMILES string of the molecule is C[C@@H](CSc1ccc(Cl)cc1)C(=O)[O-]. The predicted octanol–water partition coefficient (Wildman–Crippen LogP) is 1.82. The summed E-state index contributed by atoms with van der Waals surface area (Å²) in [5.41, 5.74) is 0. The Hall–Kier alpha value is -0.670. The molecule has 1 aromatic rings. The van der Waals surface area contributed by atoms with Gasteiger partial charge in [-0.05, 0) is 24.3 Å². The zero-order chi connectivity index (χ0) is 10.6. The van der Waals surface area contributed by atoms with Gasteiger partial charge in [0.15, 0.2) is 0 Å². The lowest BCUT2D eigenvalue weighted by Crippen LogP contribution is -2.30. The van der Waals surface area contributed by atoms with Crippen molar-refractivity contribution in [2.75, 3.05) is 5.75 Å². The first-order chi connectivity index (χ1) is 6.59. The Kier molecular flexibility index (Phi) is 4.29. The Morgan fingerprint density at radius 1 is 1.50 bits per heavy atom. The van der Waals surface area contributed by atoms with Crippen LogP contribution in [0, 0.1) is 5.92 Å². The minimum Gasteiger partial charge on any atom is -0.550 e. The van der Waals surface area contributed by atoms with Gasteiger partial charge in [0.05, 0.1) is 0 Å². The molecular formula is C10H10ClO2S-. The Morgan fingerprint density at radius 2 is 2.07 bits per heavy atom. The Balaban J connectivity index is 2.46. The highest BCUT2D eigenvalue weighted by atomic mass is 35.5. The number of carboxylic acids is 1. The molecule has 2 nitrogen and oxygen atoms in total. The van der Waals surface area contributed by atoms with Gasteiger partial charge in [-0.3, -0.25) is 0 Å². The zero-order valence-electron chi connectivity index (χ0n) is 7.70. The summed E-state index contributed by atoms with van der Waals surface area (Å²) < 4.78 is 0. The van der Waals surface area contributed by atoms with Crippen molar-refractivity contribution in [3.8, 4) is 0 Å². The maximum Gasteiger partial charge on any atom is 0.0450 e. The van der Waals surface area contributed by atoms with E-state index in [1.165, 1.54) is 11.8 Å². The molecule has 76 valence electrons.